The second-order valence-corrected chi connectivity index (χ2v) is 11.9. The topological polar surface area (TPSA) is 116 Å². The first kappa shape index (κ1) is 25.9. The van der Waals surface area contributed by atoms with E-state index in [0.29, 0.717) is 24.5 Å². The molecule has 1 aliphatic rings. The third-order valence-electron chi connectivity index (χ3n) is 5.29. The average molecular weight is 511 g/mol. The molecule has 0 atom stereocenters. The van der Waals surface area contributed by atoms with Crippen molar-refractivity contribution in [2.24, 2.45) is 0 Å². The second-order valence-electron chi connectivity index (χ2n) is 7.91. The van der Waals surface area contributed by atoms with E-state index in [1.54, 1.807) is 42.5 Å². The quantitative estimate of drug-likeness (QED) is 0.455. The third-order valence-corrected chi connectivity index (χ3v) is 9.02. The minimum atomic E-state index is -3.86. The zero-order valence-corrected chi connectivity index (χ0v) is 20.9. The lowest BCUT2D eigenvalue weighted by molar-refractivity contribution is -0.119. The molecule has 0 spiro atoms. The Bertz CT molecular complexity index is 1160. The fourth-order valence-electron chi connectivity index (χ4n) is 3.43. The van der Waals surface area contributed by atoms with Crippen LogP contribution >= 0.6 is 0 Å². The average Bonchev–Trinajstić information content (AvgIpc) is 3.37. The maximum absolute atomic E-state index is 12.7. The van der Waals surface area contributed by atoms with Crippen LogP contribution in [0.25, 0.3) is 0 Å². The molecule has 2 aromatic carbocycles. The van der Waals surface area contributed by atoms with E-state index in [-0.39, 0.29) is 24.6 Å². The zero-order valence-electron chi connectivity index (χ0n) is 19.3. The van der Waals surface area contributed by atoms with E-state index >= 15 is 0 Å². The van der Waals surface area contributed by atoms with Gasteiger partial charge >= 0.3 is 10.2 Å². The Morgan fingerprint density at radius 1 is 0.971 bits per heavy atom. The van der Waals surface area contributed by atoms with Crippen molar-refractivity contribution in [3.8, 4) is 5.75 Å². The van der Waals surface area contributed by atoms with Crippen molar-refractivity contribution in [3.63, 3.8) is 0 Å². The molecule has 0 bridgehead atoms. The summed E-state index contributed by atoms with van der Waals surface area (Å²) < 4.78 is 59.6. The first-order chi connectivity index (χ1) is 16.1. The molecule has 0 aliphatic carbocycles. The molecule has 1 N–H and O–H groups in total. The minimum Gasteiger partial charge on any atom is -0.492 e. The predicted octanol–water partition coefficient (Wildman–Crippen LogP) is 1.28. The van der Waals surface area contributed by atoms with Gasteiger partial charge in [0.25, 0.3) is 0 Å². The van der Waals surface area contributed by atoms with Crippen molar-refractivity contribution < 1.29 is 26.4 Å². The van der Waals surface area contributed by atoms with Crippen molar-refractivity contribution >= 4 is 31.8 Å². The number of carbonyl (C=O) groups is 1. The van der Waals surface area contributed by atoms with E-state index in [2.05, 4.69) is 5.32 Å². The van der Waals surface area contributed by atoms with Gasteiger partial charge in [-0.1, -0.05) is 18.2 Å². The summed E-state index contributed by atoms with van der Waals surface area (Å²) in [6.07, 6.45) is 1.74. The van der Waals surface area contributed by atoms with E-state index in [9.17, 15) is 21.6 Å². The molecule has 1 heterocycles. The number of benzene rings is 2. The van der Waals surface area contributed by atoms with Crippen molar-refractivity contribution in [2.45, 2.75) is 17.7 Å². The fourth-order valence-corrected chi connectivity index (χ4v) is 6.01. The van der Waals surface area contributed by atoms with Gasteiger partial charge in [0, 0.05) is 27.2 Å². The summed E-state index contributed by atoms with van der Waals surface area (Å²) in [5.41, 5.74) is 0.381. The molecule has 186 valence electrons. The molecule has 3 rings (SSSR count). The van der Waals surface area contributed by atoms with Gasteiger partial charge in [0.2, 0.25) is 15.9 Å². The summed E-state index contributed by atoms with van der Waals surface area (Å²) in [4.78, 5) is 12.6. The van der Waals surface area contributed by atoms with Crippen molar-refractivity contribution in [3.05, 3.63) is 54.6 Å². The molecule has 1 fully saturated rings. The number of nitrogens with zero attached hydrogens (tertiary/aromatic N) is 3. The van der Waals surface area contributed by atoms with Gasteiger partial charge in [-0.15, -0.1) is 0 Å². The highest BCUT2D eigenvalue weighted by molar-refractivity contribution is 7.90. The first-order valence-corrected chi connectivity index (χ1v) is 13.7. The van der Waals surface area contributed by atoms with Crippen LogP contribution in [0.5, 0.6) is 5.75 Å². The smallest absolute Gasteiger partial charge is 0.304 e. The molecular formula is C22H30N4O6S2. The van der Waals surface area contributed by atoms with Crippen LogP contribution in [0.2, 0.25) is 0 Å². The van der Waals surface area contributed by atoms with Crippen molar-refractivity contribution in [1.82, 2.24) is 13.9 Å². The highest BCUT2D eigenvalue weighted by Gasteiger charge is 2.28. The van der Waals surface area contributed by atoms with E-state index in [1.165, 1.54) is 30.5 Å². The number of rotatable bonds is 11. The van der Waals surface area contributed by atoms with Gasteiger partial charge in [-0.2, -0.15) is 17.0 Å². The number of amides is 1. The highest BCUT2D eigenvalue weighted by Crippen LogP contribution is 2.23. The molecule has 34 heavy (non-hydrogen) atoms. The SMILES string of the molecule is CN(C)S(=O)(=O)N(CC(=O)NCCOc1ccc(S(=O)(=O)N2CCCC2)cc1)c1ccccc1. The lowest BCUT2D eigenvalue weighted by Gasteiger charge is -2.26. The van der Waals surface area contributed by atoms with Crippen LogP contribution in [0.1, 0.15) is 12.8 Å². The molecule has 1 saturated heterocycles. The molecule has 10 nitrogen and oxygen atoms in total. The number of carbonyl (C=O) groups excluding carboxylic acids is 1. The fraction of sp³-hybridized carbons (Fsp3) is 0.409. The van der Waals surface area contributed by atoms with Gasteiger partial charge in [0.15, 0.2) is 0 Å². The van der Waals surface area contributed by atoms with Gasteiger partial charge in [-0.25, -0.2) is 12.7 Å². The number of hydrogen-bond acceptors (Lipinski definition) is 6. The van der Waals surface area contributed by atoms with E-state index < -0.39 is 26.1 Å². The standard InChI is InChI=1S/C22H30N4O6S2/c1-24(2)34(30,31)26(19-8-4-3-5-9-19)18-22(27)23-14-17-32-20-10-12-21(13-11-20)33(28,29)25-15-6-7-16-25/h3-5,8-13H,6-7,14-18H2,1-2H3,(H,23,27). The predicted molar refractivity (Wildman–Crippen MR) is 129 cm³/mol. The molecule has 12 heteroatoms. The van der Waals surface area contributed by atoms with E-state index in [4.69, 9.17) is 4.74 Å². The van der Waals surface area contributed by atoms with Crippen LogP contribution in [0.3, 0.4) is 0 Å². The molecule has 0 radical (unpaired) electrons. The number of sulfonamides is 1. The molecule has 0 unspecified atom stereocenters. The highest BCUT2D eigenvalue weighted by atomic mass is 32.2. The lowest BCUT2D eigenvalue weighted by atomic mass is 10.3. The van der Waals surface area contributed by atoms with Crippen LogP contribution in [0, 0.1) is 0 Å². The molecular weight excluding hydrogens is 480 g/mol. The molecule has 1 amide bonds. The molecule has 1 aliphatic heterocycles. The summed E-state index contributed by atoms with van der Waals surface area (Å²) in [6, 6.07) is 14.5. The van der Waals surface area contributed by atoms with Gasteiger partial charge in [-0.3, -0.25) is 4.79 Å². The maximum Gasteiger partial charge on any atom is 0.304 e. The number of para-hydroxylation sites is 1. The van der Waals surface area contributed by atoms with Crippen LogP contribution in [-0.4, -0.2) is 78.2 Å². The maximum atomic E-state index is 12.7. The molecule has 0 aromatic heterocycles. The third kappa shape index (κ3) is 6.26. The second kappa shape index (κ2) is 11.2. The monoisotopic (exact) mass is 510 g/mol. The summed E-state index contributed by atoms with van der Waals surface area (Å²) in [5.74, 6) is -0.0133. The zero-order chi connectivity index (χ0) is 24.8. The Labute approximate surface area is 201 Å². The summed E-state index contributed by atoms with van der Waals surface area (Å²) in [7, 11) is -4.54. The van der Waals surface area contributed by atoms with E-state index in [0.717, 1.165) is 21.5 Å². The largest absolute Gasteiger partial charge is 0.492 e. The van der Waals surface area contributed by atoms with Crippen LogP contribution in [-0.2, 0) is 25.0 Å². The first-order valence-electron chi connectivity index (χ1n) is 10.9. The Kier molecular flexibility index (Phi) is 8.52. The number of anilines is 1. The summed E-state index contributed by atoms with van der Waals surface area (Å²) in [6.45, 7) is 0.982. The Balaban J connectivity index is 1.51. The van der Waals surface area contributed by atoms with Crippen LogP contribution in [0.15, 0.2) is 59.5 Å². The Morgan fingerprint density at radius 2 is 1.59 bits per heavy atom. The van der Waals surface area contributed by atoms with Crippen molar-refractivity contribution in [1.29, 1.82) is 0 Å². The summed E-state index contributed by atoms with van der Waals surface area (Å²) >= 11 is 0. The summed E-state index contributed by atoms with van der Waals surface area (Å²) in [5, 5.41) is 2.65. The van der Waals surface area contributed by atoms with Crippen molar-refractivity contribution in [2.75, 3.05) is 51.2 Å². The number of hydrogen-bond donors (Lipinski definition) is 1. The lowest BCUT2D eigenvalue weighted by Crippen LogP contribution is -2.46. The van der Waals surface area contributed by atoms with Gasteiger partial charge in [-0.05, 0) is 49.2 Å². The normalized spacial score (nSPS) is 14.8. The van der Waals surface area contributed by atoms with Crippen LogP contribution in [0.4, 0.5) is 5.69 Å². The van der Waals surface area contributed by atoms with E-state index in [1.807, 2.05) is 0 Å². The number of ether oxygens (including phenoxy) is 1. The Hall–Kier alpha value is -2.67. The Morgan fingerprint density at radius 3 is 2.18 bits per heavy atom. The van der Waals surface area contributed by atoms with Crippen LogP contribution < -0.4 is 14.4 Å². The molecule has 0 saturated carbocycles. The molecule has 2 aromatic rings. The van der Waals surface area contributed by atoms with Gasteiger partial charge in [0.05, 0.1) is 17.1 Å². The van der Waals surface area contributed by atoms with Gasteiger partial charge < -0.3 is 10.1 Å². The minimum absolute atomic E-state index is 0.135. The van der Waals surface area contributed by atoms with Gasteiger partial charge in [0.1, 0.15) is 18.9 Å². The number of nitrogens with one attached hydrogen (secondary N) is 1.